The number of aromatic nitrogens is 1. The summed E-state index contributed by atoms with van der Waals surface area (Å²) in [7, 11) is 0. The second-order valence-electron chi connectivity index (χ2n) is 8.36. The lowest BCUT2D eigenvalue weighted by molar-refractivity contribution is -0.122. The van der Waals surface area contributed by atoms with Gasteiger partial charge in [-0.25, -0.2) is 14.1 Å². The summed E-state index contributed by atoms with van der Waals surface area (Å²) >= 11 is 6.15. The van der Waals surface area contributed by atoms with E-state index in [-0.39, 0.29) is 11.3 Å². The molecule has 0 spiro atoms. The van der Waals surface area contributed by atoms with Crippen LogP contribution < -0.4 is 15.0 Å². The molecule has 0 saturated carbocycles. The van der Waals surface area contributed by atoms with Crippen molar-refractivity contribution in [1.82, 2.24) is 9.88 Å². The molecular formula is C28H21ClFN3O4. The van der Waals surface area contributed by atoms with Crippen molar-refractivity contribution in [2.24, 2.45) is 0 Å². The second-order valence-corrected chi connectivity index (χ2v) is 8.77. The Morgan fingerprint density at radius 3 is 2.46 bits per heavy atom. The molecule has 3 aromatic carbocycles. The van der Waals surface area contributed by atoms with Gasteiger partial charge in [-0.3, -0.25) is 14.9 Å². The maximum atomic E-state index is 13.4. The molecule has 1 fully saturated rings. The van der Waals surface area contributed by atoms with Crippen molar-refractivity contribution >= 4 is 52.1 Å². The van der Waals surface area contributed by atoms with E-state index < -0.39 is 23.7 Å². The normalized spacial score (nSPS) is 14.9. The van der Waals surface area contributed by atoms with Crippen LogP contribution in [0.4, 0.5) is 14.9 Å². The van der Waals surface area contributed by atoms with Gasteiger partial charge in [-0.2, -0.15) is 0 Å². The first kappa shape index (κ1) is 24.3. The summed E-state index contributed by atoms with van der Waals surface area (Å²) in [5.74, 6) is -1.47. The molecule has 37 heavy (non-hydrogen) atoms. The van der Waals surface area contributed by atoms with E-state index in [9.17, 15) is 18.8 Å². The molecule has 4 amide bonds. The van der Waals surface area contributed by atoms with Gasteiger partial charge in [-0.1, -0.05) is 41.9 Å². The third kappa shape index (κ3) is 4.96. The minimum Gasteiger partial charge on any atom is -0.492 e. The van der Waals surface area contributed by atoms with E-state index in [1.807, 2.05) is 53.2 Å². The van der Waals surface area contributed by atoms with Crippen molar-refractivity contribution in [2.75, 3.05) is 11.5 Å². The average Bonchev–Trinajstić information content (AvgIpc) is 3.24. The van der Waals surface area contributed by atoms with Gasteiger partial charge in [0, 0.05) is 29.2 Å². The zero-order chi connectivity index (χ0) is 25.9. The number of rotatable bonds is 7. The predicted molar refractivity (Wildman–Crippen MR) is 139 cm³/mol. The van der Waals surface area contributed by atoms with Gasteiger partial charge in [-0.05, 0) is 55.0 Å². The van der Waals surface area contributed by atoms with Crippen LogP contribution in [0.5, 0.6) is 5.75 Å². The number of urea groups is 1. The quantitative estimate of drug-likeness (QED) is 0.197. The molecule has 1 aliphatic heterocycles. The Morgan fingerprint density at radius 2 is 1.68 bits per heavy atom. The number of barbiturate groups is 1. The molecule has 4 aromatic rings. The van der Waals surface area contributed by atoms with Crippen molar-refractivity contribution < 1.29 is 23.5 Å². The summed E-state index contributed by atoms with van der Waals surface area (Å²) in [6, 6.07) is 18.9. The molecule has 1 N–H and O–H groups in total. The molecule has 1 saturated heterocycles. The molecular weight excluding hydrogens is 497 g/mol. The lowest BCUT2D eigenvalue weighted by Crippen LogP contribution is -2.54. The first-order valence-corrected chi connectivity index (χ1v) is 11.9. The van der Waals surface area contributed by atoms with Crippen LogP contribution in [0.1, 0.15) is 12.0 Å². The number of halogens is 2. The van der Waals surface area contributed by atoms with E-state index in [2.05, 4.69) is 5.32 Å². The van der Waals surface area contributed by atoms with Gasteiger partial charge in [0.25, 0.3) is 11.8 Å². The van der Waals surface area contributed by atoms with Gasteiger partial charge in [0.15, 0.2) is 0 Å². The summed E-state index contributed by atoms with van der Waals surface area (Å²) in [5, 5.41) is 3.58. The number of nitrogens with zero attached hydrogens (tertiary/aromatic N) is 2. The SMILES string of the molecule is O=C1NC(=O)N(c2ccc(F)cc2)C(=O)C1=Cc1cn(CCCOc2ccccc2Cl)c2ccccc12. The number of carbonyl (C=O) groups excluding carboxylic acids is 3. The Morgan fingerprint density at radius 1 is 0.946 bits per heavy atom. The summed E-state index contributed by atoms with van der Waals surface area (Å²) in [5.41, 5.74) is 1.52. The lowest BCUT2D eigenvalue weighted by Gasteiger charge is -2.26. The third-order valence-corrected chi connectivity index (χ3v) is 6.26. The largest absolute Gasteiger partial charge is 0.492 e. The second kappa shape index (κ2) is 10.3. The van der Waals surface area contributed by atoms with Gasteiger partial charge >= 0.3 is 6.03 Å². The molecule has 0 radical (unpaired) electrons. The van der Waals surface area contributed by atoms with E-state index >= 15 is 0 Å². The first-order valence-electron chi connectivity index (χ1n) is 11.5. The molecule has 9 heteroatoms. The number of benzene rings is 3. The van der Waals surface area contributed by atoms with Crippen molar-refractivity contribution in [3.63, 3.8) is 0 Å². The summed E-state index contributed by atoms with van der Waals surface area (Å²) in [6.07, 6.45) is 4.01. The lowest BCUT2D eigenvalue weighted by atomic mass is 10.1. The zero-order valence-electron chi connectivity index (χ0n) is 19.5. The van der Waals surface area contributed by atoms with Gasteiger partial charge < -0.3 is 9.30 Å². The van der Waals surface area contributed by atoms with Crippen LogP contribution in [0.25, 0.3) is 17.0 Å². The molecule has 0 unspecified atom stereocenters. The monoisotopic (exact) mass is 517 g/mol. The topological polar surface area (TPSA) is 80.6 Å². The molecule has 0 bridgehead atoms. The highest BCUT2D eigenvalue weighted by Crippen LogP contribution is 2.27. The van der Waals surface area contributed by atoms with Crippen LogP contribution in [0.2, 0.25) is 5.02 Å². The minimum atomic E-state index is -0.889. The minimum absolute atomic E-state index is 0.156. The predicted octanol–water partition coefficient (Wildman–Crippen LogP) is 5.57. The Balaban J connectivity index is 1.40. The summed E-state index contributed by atoms with van der Waals surface area (Å²) in [6.45, 7) is 1.07. The van der Waals surface area contributed by atoms with E-state index in [0.29, 0.717) is 35.9 Å². The Hall–Kier alpha value is -4.43. The Bertz CT molecular complexity index is 1540. The number of anilines is 1. The Kier molecular flexibility index (Phi) is 6.74. The number of amides is 4. The van der Waals surface area contributed by atoms with Crippen LogP contribution in [-0.4, -0.2) is 29.0 Å². The van der Waals surface area contributed by atoms with Crippen LogP contribution >= 0.6 is 11.6 Å². The van der Waals surface area contributed by atoms with Gasteiger partial charge in [0.2, 0.25) is 0 Å². The van der Waals surface area contributed by atoms with Crippen molar-refractivity contribution in [2.45, 2.75) is 13.0 Å². The molecule has 0 aliphatic carbocycles. The smallest absolute Gasteiger partial charge is 0.335 e. The fourth-order valence-electron chi connectivity index (χ4n) is 4.19. The molecule has 7 nitrogen and oxygen atoms in total. The van der Waals surface area contributed by atoms with E-state index in [1.165, 1.54) is 18.2 Å². The molecule has 186 valence electrons. The summed E-state index contributed by atoms with van der Waals surface area (Å²) in [4.78, 5) is 39.1. The van der Waals surface area contributed by atoms with E-state index in [1.54, 1.807) is 6.07 Å². The number of aryl methyl sites for hydroxylation is 1. The third-order valence-electron chi connectivity index (χ3n) is 5.94. The van der Waals surface area contributed by atoms with Gasteiger partial charge in [-0.15, -0.1) is 0 Å². The maximum absolute atomic E-state index is 13.4. The number of para-hydroxylation sites is 2. The van der Waals surface area contributed by atoms with Crippen LogP contribution in [0.15, 0.2) is 84.6 Å². The number of hydrogen-bond acceptors (Lipinski definition) is 4. The van der Waals surface area contributed by atoms with Gasteiger partial charge in [0.1, 0.15) is 17.1 Å². The highest BCUT2D eigenvalue weighted by molar-refractivity contribution is 6.39. The number of fused-ring (bicyclic) bond motifs is 1. The fourth-order valence-corrected chi connectivity index (χ4v) is 4.38. The van der Waals surface area contributed by atoms with Crippen molar-refractivity contribution in [3.05, 3.63) is 101 Å². The van der Waals surface area contributed by atoms with E-state index in [0.717, 1.165) is 27.9 Å². The number of ether oxygens (including phenoxy) is 1. The Labute approximate surface area is 216 Å². The average molecular weight is 518 g/mol. The number of nitrogens with one attached hydrogen (secondary N) is 1. The van der Waals surface area contributed by atoms with Crippen molar-refractivity contribution in [1.29, 1.82) is 0 Å². The first-order chi connectivity index (χ1) is 17.9. The standard InChI is InChI=1S/C28H21ClFN3O4/c29-23-7-2-4-9-25(23)37-15-5-14-32-17-18(21-6-1-3-8-24(21)32)16-22-26(34)31-28(36)33(27(22)35)20-12-10-19(30)11-13-20/h1-4,6-13,16-17H,5,14-15H2,(H,31,34,36). The zero-order valence-corrected chi connectivity index (χ0v) is 20.2. The van der Waals surface area contributed by atoms with Crippen LogP contribution in [0.3, 0.4) is 0 Å². The fraction of sp³-hybridized carbons (Fsp3) is 0.107. The summed E-state index contributed by atoms with van der Waals surface area (Å²) < 4.78 is 21.2. The van der Waals surface area contributed by atoms with E-state index in [4.69, 9.17) is 16.3 Å². The highest BCUT2D eigenvalue weighted by atomic mass is 35.5. The molecule has 1 aromatic heterocycles. The molecule has 0 atom stereocenters. The number of imide groups is 2. The van der Waals surface area contributed by atoms with Crippen molar-refractivity contribution in [3.8, 4) is 5.75 Å². The number of hydrogen-bond donors (Lipinski definition) is 1. The molecule has 1 aliphatic rings. The number of carbonyl (C=O) groups is 3. The highest BCUT2D eigenvalue weighted by Gasteiger charge is 2.37. The maximum Gasteiger partial charge on any atom is 0.335 e. The molecule has 2 heterocycles. The van der Waals surface area contributed by atoms with Gasteiger partial charge in [0.05, 0.1) is 17.3 Å². The van der Waals surface area contributed by atoms with Crippen LogP contribution in [-0.2, 0) is 16.1 Å². The van der Waals surface area contributed by atoms with Crippen LogP contribution in [0, 0.1) is 5.82 Å². The molecule has 5 rings (SSSR count).